The molecular weight excluding hydrogens is 286 g/mol. The molecule has 4 nitrogen and oxygen atoms in total. The van der Waals surface area contributed by atoms with Crippen molar-refractivity contribution in [3.63, 3.8) is 0 Å². The van der Waals surface area contributed by atoms with Gasteiger partial charge in [0.1, 0.15) is 5.65 Å². The van der Waals surface area contributed by atoms with Crippen LogP contribution in [0, 0.1) is 0 Å². The molecule has 0 bridgehead atoms. The van der Waals surface area contributed by atoms with Crippen LogP contribution < -0.4 is 5.32 Å². The highest BCUT2D eigenvalue weighted by molar-refractivity contribution is 5.99. The van der Waals surface area contributed by atoms with E-state index in [1.165, 1.54) is 6.08 Å². The maximum Gasteiger partial charge on any atom is 0.248 e. The Hall–Kier alpha value is -3.14. The van der Waals surface area contributed by atoms with Crippen molar-refractivity contribution < 1.29 is 4.79 Å². The van der Waals surface area contributed by atoms with Gasteiger partial charge in [0.2, 0.25) is 5.91 Å². The van der Waals surface area contributed by atoms with Gasteiger partial charge in [0, 0.05) is 29.7 Å². The summed E-state index contributed by atoms with van der Waals surface area (Å²) in [5.74, 6) is -0.149. The molecule has 3 aromatic rings. The molecule has 114 valence electrons. The number of carbonyl (C=O) groups is 1. The molecule has 0 saturated carbocycles. The number of imidazole rings is 1. The summed E-state index contributed by atoms with van der Waals surface area (Å²) in [4.78, 5) is 16.3. The summed E-state index contributed by atoms with van der Waals surface area (Å²) < 4.78 is 1.98. The number of allylic oxidation sites excluding steroid dienone is 3. The molecule has 0 aliphatic heterocycles. The first-order chi connectivity index (χ1) is 11.3. The van der Waals surface area contributed by atoms with Crippen molar-refractivity contribution in [1.29, 1.82) is 0 Å². The predicted molar refractivity (Wildman–Crippen MR) is 93.2 cm³/mol. The van der Waals surface area contributed by atoms with E-state index in [1.807, 2.05) is 78.3 Å². The fraction of sp³-hybridized carbons (Fsp3) is 0.0526. The number of pyridine rings is 1. The molecule has 3 rings (SSSR count). The van der Waals surface area contributed by atoms with Gasteiger partial charge in [-0.25, -0.2) is 4.98 Å². The molecule has 0 atom stereocenters. The van der Waals surface area contributed by atoms with Gasteiger partial charge < -0.3 is 9.72 Å². The molecule has 0 fully saturated rings. The minimum Gasteiger partial charge on any atom is -0.323 e. The number of anilines is 1. The van der Waals surface area contributed by atoms with Gasteiger partial charge in [-0.1, -0.05) is 36.4 Å². The van der Waals surface area contributed by atoms with E-state index in [1.54, 1.807) is 6.08 Å². The van der Waals surface area contributed by atoms with Crippen molar-refractivity contribution in [3.8, 4) is 11.3 Å². The maximum atomic E-state index is 11.7. The lowest BCUT2D eigenvalue weighted by atomic mass is 10.1. The monoisotopic (exact) mass is 303 g/mol. The van der Waals surface area contributed by atoms with Crippen molar-refractivity contribution >= 4 is 17.2 Å². The van der Waals surface area contributed by atoms with Crippen LogP contribution in [0.2, 0.25) is 0 Å². The highest BCUT2D eigenvalue weighted by atomic mass is 16.1. The van der Waals surface area contributed by atoms with Gasteiger partial charge in [0.05, 0.1) is 5.69 Å². The molecule has 0 aliphatic carbocycles. The normalized spacial score (nSPS) is 11.5. The van der Waals surface area contributed by atoms with Gasteiger partial charge in [-0.05, 0) is 31.2 Å². The average molecular weight is 303 g/mol. The molecule has 0 saturated heterocycles. The van der Waals surface area contributed by atoms with E-state index in [9.17, 15) is 4.79 Å². The molecule has 0 aliphatic rings. The van der Waals surface area contributed by atoms with Gasteiger partial charge in [-0.2, -0.15) is 0 Å². The van der Waals surface area contributed by atoms with E-state index in [2.05, 4.69) is 10.3 Å². The number of rotatable bonds is 4. The largest absolute Gasteiger partial charge is 0.323 e. The van der Waals surface area contributed by atoms with Gasteiger partial charge in [-0.3, -0.25) is 4.79 Å². The number of amides is 1. The molecule has 2 heterocycles. The fourth-order valence-electron chi connectivity index (χ4n) is 2.24. The summed E-state index contributed by atoms with van der Waals surface area (Å²) in [7, 11) is 0. The standard InChI is InChI=1S/C19H17N3O/c1-2-3-4-8-19(23)20-16-11-9-15(10-12-16)17-14-22-13-6-5-7-18(22)21-17/h2-14H,1H3,(H,20,23). The Labute approximate surface area is 134 Å². The van der Waals surface area contributed by atoms with Crippen LogP contribution >= 0.6 is 0 Å². The minimum atomic E-state index is -0.149. The fourth-order valence-corrected chi connectivity index (χ4v) is 2.24. The molecule has 4 heteroatoms. The summed E-state index contributed by atoms with van der Waals surface area (Å²) in [6.07, 6.45) is 10.8. The average Bonchev–Trinajstić information content (AvgIpc) is 3.00. The first kappa shape index (κ1) is 14.8. The van der Waals surface area contributed by atoms with Crippen LogP contribution in [0.5, 0.6) is 0 Å². The van der Waals surface area contributed by atoms with Crippen molar-refractivity contribution in [2.75, 3.05) is 5.32 Å². The number of nitrogens with zero attached hydrogens (tertiary/aromatic N) is 2. The van der Waals surface area contributed by atoms with Crippen molar-refractivity contribution in [2.45, 2.75) is 6.92 Å². The van der Waals surface area contributed by atoms with E-state index in [4.69, 9.17) is 0 Å². The molecule has 1 aromatic carbocycles. The van der Waals surface area contributed by atoms with E-state index in [0.717, 1.165) is 22.6 Å². The molecule has 1 N–H and O–H groups in total. The number of fused-ring (bicyclic) bond motifs is 1. The summed E-state index contributed by atoms with van der Waals surface area (Å²) in [5, 5.41) is 2.82. The van der Waals surface area contributed by atoms with Crippen LogP contribution in [-0.4, -0.2) is 15.3 Å². The highest BCUT2D eigenvalue weighted by Gasteiger charge is 2.04. The van der Waals surface area contributed by atoms with E-state index in [0.29, 0.717) is 0 Å². The zero-order chi connectivity index (χ0) is 16.1. The highest BCUT2D eigenvalue weighted by Crippen LogP contribution is 2.21. The molecule has 1 amide bonds. The van der Waals surface area contributed by atoms with Crippen LogP contribution in [0.25, 0.3) is 16.9 Å². The summed E-state index contributed by atoms with van der Waals surface area (Å²) in [5.41, 5.74) is 3.58. The second kappa shape index (κ2) is 6.75. The molecule has 0 spiro atoms. The van der Waals surface area contributed by atoms with Gasteiger partial charge >= 0.3 is 0 Å². The minimum absolute atomic E-state index is 0.149. The second-order valence-corrected chi connectivity index (χ2v) is 5.04. The van der Waals surface area contributed by atoms with Crippen molar-refractivity contribution in [1.82, 2.24) is 9.38 Å². The van der Waals surface area contributed by atoms with Crippen molar-refractivity contribution in [3.05, 3.63) is 79.2 Å². The summed E-state index contributed by atoms with van der Waals surface area (Å²) >= 11 is 0. The number of hydrogen-bond acceptors (Lipinski definition) is 2. The Balaban J connectivity index is 1.75. The van der Waals surface area contributed by atoms with E-state index in [-0.39, 0.29) is 5.91 Å². The number of hydrogen-bond donors (Lipinski definition) is 1. The lowest BCUT2D eigenvalue weighted by Gasteiger charge is -2.03. The first-order valence-corrected chi connectivity index (χ1v) is 7.41. The van der Waals surface area contributed by atoms with Crippen LogP contribution in [0.1, 0.15) is 6.92 Å². The van der Waals surface area contributed by atoms with E-state index >= 15 is 0 Å². The van der Waals surface area contributed by atoms with Crippen LogP contribution in [0.15, 0.2) is 79.2 Å². The molecule has 0 radical (unpaired) electrons. The molecule has 23 heavy (non-hydrogen) atoms. The van der Waals surface area contributed by atoms with Crippen LogP contribution in [-0.2, 0) is 4.79 Å². The second-order valence-electron chi connectivity index (χ2n) is 5.04. The smallest absolute Gasteiger partial charge is 0.248 e. The topological polar surface area (TPSA) is 46.4 Å². The number of carbonyl (C=O) groups excluding carboxylic acids is 1. The van der Waals surface area contributed by atoms with Crippen LogP contribution in [0.4, 0.5) is 5.69 Å². The molecule has 0 unspecified atom stereocenters. The lowest BCUT2D eigenvalue weighted by Crippen LogP contribution is -2.07. The first-order valence-electron chi connectivity index (χ1n) is 7.41. The van der Waals surface area contributed by atoms with Gasteiger partial charge in [0.25, 0.3) is 0 Å². The van der Waals surface area contributed by atoms with E-state index < -0.39 is 0 Å². The zero-order valence-corrected chi connectivity index (χ0v) is 12.8. The van der Waals surface area contributed by atoms with Crippen LogP contribution in [0.3, 0.4) is 0 Å². The Morgan fingerprint density at radius 3 is 2.70 bits per heavy atom. The zero-order valence-electron chi connectivity index (χ0n) is 12.8. The Bertz CT molecular complexity index is 840. The predicted octanol–water partition coefficient (Wildman–Crippen LogP) is 4.07. The van der Waals surface area contributed by atoms with Crippen molar-refractivity contribution in [2.24, 2.45) is 0 Å². The molecular formula is C19H17N3O. The third kappa shape index (κ3) is 3.55. The Morgan fingerprint density at radius 2 is 1.96 bits per heavy atom. The van der Waals surface area contributed by atoms with Gasteiger partial charge in [-0.15, -0.1) is 0 Å². The van der Waals surface area contributed by atoms with Gasteiger partial charge in [0.15, 0.2) is 0 Å². The number of benzene rings is 1. The third-order valence-electron chi connectivity index (χ3n) is 3.36. The SMILES string of the molecule is CC=CC=CC(=O)Nc1ccc(-c2cn3ccccc3n2)cc1. The Morgan fingerprint density at radius 1 is 1.13 bits per heavy atom. The lowest BCUT2D eigenvalue weighted by molar-refractivity contribution is -0.111. The Kier molecular flexibility index (Phi) is 4.34. The number of aromatic nitrogens is 2. The molecule has 2 aromatic heterocycles. The third-order valence-corrected chi connectivity index (χ3v) is 3.36. The summed E-state index contributed by atoms with van der Waals surface area (Å²) in [6.45, 7) is 1.90. The quantitative estimate of drug-likeness (QED) is 0.583. The summed E-state index contributed by atoms with van der Waals surface area (Å²) in [6, 6.07) is 13.6. The maximum absolute atomic E-state index is 11.7. The number of nitrogens with one attached hydrogen (secondary N) is 1.